The summed E-state index contributed by atoms with van der Waals surface area (Å²) in [6.45, 7) is 4.49. The third-order valence-electron chi connectivity index (χ3n) is 2.34. The Balaban J connectivity index is 2.30. The number of tetrazole rings is 1. The van der Waals surface area contributed by atoms with Crippen molar-refractivity contribution >= 4 is 11.6 Å². The van der Waals surface area contributed by atoms with Crippen molar-refractivity contribution in [3.63, 3.8) is 0 Å². The van der Waals surface area contributed by atoms with Gasteiger partial charge in [0.2, 0.25) is 0 Å². The number of nitrogens with zero attached hydrogens (tertiary/aromatic N) is 4. The van der Waals surface area contributed by atoms with Crippen LogP contribution in [0.5, 0.6) is 0 Å². The van der Waals surface area contributed by atoms with E-state index < -0.39 is 5.82 Å². The molecule has 7 heteroatoms. The van der Waals surface area contributed by atoms with Gasteiger partial charge in [-0.25, -0.2) is 4.39 Å². The van der Waals surface area contributed by atoms with Gasteiger partial charge in [-0.3, -0.25) is 0 Å². The van der Waals surface area contributed by atoms with Gasteiger partial charge < -0.3 is 5.32 Å². The molecule has 0 unspecified atom stereocenters. The van der Waals surface area contributed by atoms with Crippen molar-refractivity contribution in [2.24, 2.45) is 0 Å². The molecule has 0 saturated heterocycles. The fourth-order valence-electron chi connectivity index (χ4n) is 1.45. The molecule has 0 saturated carbocycles. The van der Waals surface area contributed by atoms with E-state index in [0.29, 0.717) is 23.4 Å². The lowest BCUT2D eigenvalue weighted by atomic mass is 10.3. The first-order valence-electron chi connectivity index (χ1n) is 5.54. The average molecular weight is 270 g/mol. The Bertz CT molecular complexity index is 540. The summed E-state index contributed by atoms with van der Waals surface area (Å²) in [5.74, 6) is 0.0884. The number of nitrogens with one attached hydrogen (secondary N) is 1. The molecule has 96 valence electrons. The van der Waals surface area contributed by atoms with Gasteiger partial charge in [-0.15, -0.1) is 5.10 Å². The lowest BCUT2D eigenvalue weighted by molar-refractivity contribution is 0.555. The van der Waals surface area contributed by atoms with E-state index in [4.69, 9.17) is 11.6 Å². The quantitative estimate of drug-likeness (QED) is 0.922. The summed E-state index contributed by atoms with van der Waals surface area (Å²) in [5, 5.41) is 14.7. The third-order valence-corrected chi connectivity index (χ3v) is 2.58. The van der Waals surface area contributed by atoms with Gasteiger partial charge in [0, 0.05) is 11.1 Å². The van der Waals surface area contributed by atoms with E-state index in [1.54, 1.807) is 12.1 Å². The summed E-state index contributed by atoms with van der Waals surface area (Å²) < 4.78 is 15.1. The molecule has 0 amide bonds. The highest BCUT2D eigenvalue weighted by molar-refractivity contribution is 6.30. The summed E-state index contributed by atoms with van der Waals surface area (Å²) in [6.07, 6.45) is 0. The first-order valence-corrected chi connectivity index (χ1v) is 5.92. The Morgan fingerprint density at radius 1 is 1.44 bits per heavy atom. The van der Waals surface area contributed by atoms with E-state index in [9.17, 15) is 4.39 Å². The summed E-state index contributed by atoms with van der Waals surface area (Å²) in [7, 11) is 0. The summed E-state index contributed by atoms with van der Waals surface area (Å²) in [5.41, 5.74) is 0.282. The molecule has 0 aliphatic heterocycles. The van der Waals surface area contributed by atoms with Crippen molar-refractivity contribution in [3.05, 3.63) is 34.9 Å². The summed E-state index contributed by atoms with van der Waals surface area (Å²) in [4.78, 5) is 0. The van der Waals surface area contributed by atoms with Crippen molar-refractivity contribution in [3.8, 4) is 5.69 Å². The molecule has 18 heavy (non-hydrogen) atoms. The van der Waals surface area contributed by atoms with Gasteiger partial charge in [0.05, 0.1) is 6.54 Å². The van der Waals surface area contributed by atoms with Crippen LogP contribution in [0, 0.1) is 5.82 Å². The van der Waals surface area contributed by atoms with E-state index in [0.717, 1.165) is 0 Å². The standard InChI is InChI=1S/C11H13ClFN5/c1-7(2)14-6-11-15-16-17-18(11)10-4-3-8(12)5-9(10)13/h3-5,7,14H,6H2,1-2H3. The van der Waals surface area contributed by atoms with E-state index >= 15 is 0 Å². The van der Waals surface area contributed by atoms with Crippen LogP contribution in [0.25, 0.3) is 5.69 Å². The zero-order valence-electron chi connectivity index (χ0n) is 10.1. The van der Waals surface area contributed by atoms with Crippen LogP contribution in [0.1, 0.15) is 19.7 Å². The number of benzene rings is 1. The number of halogens is 2. The smallest absolute Gasteiger partial charge is 0.170 e. The number of aromatic nitrogens is 4. The number of hydrogen-bond acceptors (Lipinski definition) is 4. The zero-order chi connectivity index (χ0) is 13.1. The predicted molar refractivity (Wildman–Crippen MR) is 66.1 cm³/mol. The first kappa shape index (κ1) is 12.9. The molecule has 1 heterocycles. The molecule has 0 aliphatic carbocycles. The molecule has 0 spiro atoms. The molecule has 0 fully saturated rings. The van der Waals surface area contributed by atoms with E-state index in [1.165, 1.54) is 10.7 Å². The van der Waals surface area contributed by atoms with Crippen molar-refractivity contribution in [1.82, 2.24) is 25.5 Å². The van der Waals surface area contributed by atoms with Gasteiger partial charge in [-0.1, -0.05) is 25.4 Å². The maximum atomic E-state index is 13.8. The summed E-state index contributed by atoms with van der Waals surface area (Å²) in [6, 6.07) is 4.68. The van der Waals surface area contributed by atoms with Crippen molar-refractivity contribution < 1.29 is 4.39 Å². The van der Waals surface area contributed by atoms with Crippen molar-refractivity contribution in [2.45, 2.75) is 26.4 Å². The van der Waals surface area contributed by atoms with Crippen LogP contribution in [0.3, 0.4) is 0 Å². The highest BCUT2D eigenvalue weighted by Crippen LogP contribution is 2.18. The Morgan fingerprint density at radius 2 is 2.22 bits per heavy atom. The molecular weight excluding hydrogens is 257 g/mol. The van der Waals surface area contributed by atoms with E-state index in [-0.39, 0.29) is 5.69 Å². The van der Waals surface area contributed by atoms with Gasteiger partial charge in [0.1, 0.15) is 11.5 Å². The van der Waals surface area contributed by atoms with Gasteiger partial charge in [-0.2, -0.15) is 4.68 Å². The van der Waals surface area contributed by atoms with Crippen LogP contribution in [0.4, 0.5) is 4.39 Å². The molecule has 1 aromatic carbocycles. The molecule has 0 aliphatic rings. The molecule has 1 aromatic heterocycles. The number of rotatable bonds is 4. The minimum Gasteiger partial charge on any atom is -0.308 e. The van der Waals surface area contributed by atoms with Gasteiger partial charge in [0.15, 0.2) is 5.82 Å². The van der Waals surface area contributed by atoms with Crippen LogP contribution < -0.4 is 5.32 Å². The van der Waals surface area contributed by atoms with Gasteiger partial charge >= 0.3 is 0 Å². The molecule has 1 N–H and O–H groups in total. The topological polar surface area (TPSA) is 55.6 Å². The van der Waals surface area contributed by atoms with Crippen LogP contribution in [0.2, 0.25) is 5.02 Å². The second-order valence-electron chi connectivity index (χ2n) is 4.14. The normalized spacial score (nSPS) is 11.2. The first-order chi connectivity index (χ1) is 8.58. The predicted octanol–water partition coefficient (Wildman–Crippen LogP) is 1.95. The van der Waals surface area contributed by atoms with E-state index in [2.05, 4.69) is 20.8 Å². The minimum absolute atomic E-state index is 0.282. The fraction of sp³-hybridized carbons (Fsp3) is 0.364. The Kier molecular flexibility index (Phi) is 3.88. The third kappa shape index (κ3) is 2.83. The van der Waals surface area contributed by atoms with Crippen LogP contribution in [0.15, 0.2) is 18.2 Å². The SMILES string of the molecule is CC(C)NCc1nnnn1-c1ccc(Cl)cc1F. The van der Waals surface area contributed by atoms with Crippen LogP contribution in [-0.2, 0) is 6.54 Å². The zero-order valence-corrected chi connectivity index (χ0v) is 10.8. The molecule has 0 bridgehead atoms. The van der Waals surface area contributed by atoms with Crippen molar-refractivity contribution in [1.29, 1.82) is 0 Å². The lowest BCUT2D eigenvalue weighted by Gasteiger charge is -2.09. The minimum atomic E-state index is -0.458. The van der Waals surface area contributed by atoms with E-state index in [1.807, 2.05) is 13.8 Å². The molecule has 0 radical (unpaired) electrons. The fourth-order valence-corrected chi connectivity index (χ4v) is 1.61. The Labute approximate surface area is 109 Å². The van der Waals surface area contributed by atoms with Gasteiger partial charge in [0.25, 0.3) is 0 Å². The molecule has 2 aromatic rings. The second kappa shape index (κ2) is 5.41. The molecule has 0 atom stereocenters. The van der Waals surface area contributed by atoms with Crippen molar-refractivity contribution in [2.75, 3.05) is 0 Å². The van der Waals surface area contributed by atoms with Gasteiger partial charge in [-0.05, 0) is 28.6 Å². The lowest BCUT2D eigenvalue weighted by Crippen LogP contribution is -2.24. The number of hydrogen-bond donors (Lipinski definition) is 1. The highest BCUT2D eigenvalue weighted by atomic mass is 35.5. The van der Waals surface area contributed by atoms with Crippen LogP contribution in [-0.4, -0.2) is 26.2 Å². The maximum absolute atomic E-state index is 13.8. The monoisotopic (exact) mass is 269 g/mol. The average Bonchev–Trinajstić information content (AvgIpc) is 2.74. The maximum Gasteiger partial charge on any atom is 0.170 e. The Hall–Kier alpha value is -1.53. The molecular formula is C11H13ClFN5. The highest BCUT2D eigenvalue weighted by Gasteiger charge is 2.12. The molecule has 2 rings (SSSR count). The summed E-state index contributed by atoms with van der Waals surface area (Å²) >= 11 is 5.71. The van der Waals surface area contributed by atoms with Crippen LogP contribution >= 0.6 is 11.6 Å². The molecule has 5 nitrogen and oxygen atoms in total. The Morgan fingerprint density at radius 3 is 2.89 bits per heavy atom. The second-order valence-corrected chi connectivity index (χ2v) is 4.57. The largest absolute Gasteiger partial charge is 0.308 e.